The summed E-state index contributed by atoms with van der Waals surface area (Å²) in [6, 6.07) is 17.8. The van der Waals surface area contributed by atoms with Crippen molar-refractivity contribution in [1.29, 1.82) is 0 Å². The fourth-order valence-corrected chi connectivity index (χ4v) is 3.38. The molecule has 1 N–H and O–H groups in total. The van der Waals surface area contributed by atoms with Gasteiger partial charge in [0.1, 0.15) is 5.82 Å². The summed E-state index contributed by atoms with van der Waals surface area (Å²) in [4.78, 5) is 0. The molecule has 1 unspecified atom stereocenters. The fraction of sp³-hybridized carbons (Fsp3) is 0.231. The van der Waals surface area contributed by atoms with E-state index in [-0.39, 0.29) is 11.9 Å². The van der Waals surface area contributed by atoms with Crippen molar-refractivity contribution in [3.8, 4) is 11.1 Å². The molecule has 0 aliphatic heterocycles. The van der Waals surface area contributed by atoms with E-state index >= 15 is 0 Å². The molecular formula is C26H27FO. The van der Waals surface area contributed by atoms with Gasteiger partial charge in [-0.3, -0.25) is 0 Å². The van der Waals surface area contributed by atoms with E-state index in [4.69, 9.17) is 0 Å². The molecule has 2 heteroatoms. The topological polar surface area (TPSA) is 20.2 Å². The third-order valence-corrected chi connectivity index (χ3v) is 4.89. The quantitative estimate of drug-likeness (QED) is 0.334. The zero-order valence-corrected chi connectivity index (χ0v) is 16.4. The Morgan fingerprint density at radius 1 is 1.04 bits per heavy atom. The van der Waals surface area contributed by atoms with E-state index in [9.17, 15) is 9.50 Å². The van der Waals surface area contributed by atoms with Crippen LogP contribution in [0.15, 0.2) is 73.3 Å². The summed E-state index contributed by atoms with van der Waals surface area (Å²) in [6.45, 7) is 5.58. The Bertz CT molecular complexity index is 985. The third-order valence-electron chi connectivity index (χ3n) is 4.89. The summed E-state index contributed by atoms with van der Waals surface area (Å²) in [6.07, 6.45) is 9.06. The van der Waals surface area contributed by atoms with E-state index in [0.29, 0.717) is 5.56 Å². The SMILES string of the molecule is C=CCc1ccc2cc(-c3ccc(C=CCCCC(C)O)cc3F)ccc2c1. The largest absolute Gasteiger partial charge is 0.393 e. The average Bonchev–Trinajstić information content (AvgIpc) is 2.67. The third kappa shape index (κ3) is 5.17. The fourth-order valence-electron chi connectivity index (χ4n) is 3.38. The predicted octanol–water partition coefficient (Wildman–Crippen LogP) is 6.94. The Balaban J connectivity index is 1.77. The van der Waals surface area contributed by atoms with Crippen LogP contribution in [0.5, 0.6) is 0 Å². The predicted molar refractivity (Wildman–Crippen MR) is 118 cm³/mol. The van der Waals surface area contributed by atoms with E-state index in [1.165, 1.54) is 5.56 Å². The molecule has 0 fully saturated rings. The highest BCUT2D eigenvalue weighted by molar-refractivity contribution is 5.88. The summed E-state index contributed by atoms with van der Waals surface area (Å²) < 4.78 is 14.7. The first-order chi connectivity index (χ1) is 13.6. The summed E-state index contributed by atoms with van der Waals surface area (Å²) in [7, 11) is 0. The van der Waals surface area contributed by atoms with Gasteiger partial charge in [-0.1, -0.05) is 60.7 Å². The van der Waals surface area contributed by atoms with Gasteiger partial charge in [0.25, 0.3) is 0 Å². The van der Waals surface area contributed by atoms with Gasteiger partial charge in [-0.05, 0) is 72.2 Å². The van der Waals surface area contributed by atoms with Crippen molar-refractivity contribution < 1.29 is 9.50 Å². The molecule has 0 saturated heterocycles. The standard InChI is InChI=1S/C26H27FO/c1-3-7-20-10-12-23-18-24(14-13-22(23)16-20)25-15-11-21(17-26(25)27)9-6-4-5-8-19(2)28/h3,6,9-19,28H,1,4-5,7-8H2,2H3. The number of rotatable bonds is 8. The van der Waals surface area contributed by atoms with Crippen LogP contribution < -0.4 is 0 Å². The number of unbranched alkanes of at least 4 members (excludes halogenated alkanes) is 1. The van der Waals surface area contributed by atoms with Crippen molar-refractivity contribution in [3.63, 3.8) is 0 Å². The van der Waals surface area contributed by atoms with E-state index < -0.39 is 0 Å². The summed E-state index contributed by atoms with van der Waals surface area (Å²) in [5, 5.41) is 11.5. The highest BCUT2D eigenvalue weighted by atomic mass is 19.1. The van der Waals surface area contributed by atoms with Gasteiger partial charge in [0.15, 0.2) is 0 Å². The molecule has 3 aromatic rings. The molecule has 1 nitrogen and oxygen atoms in total. The highest BCUT2D eigenvalue weighted by Crippen LogP contribution is 2.28. The van der Waals surface area contributed by atoms with Crippen molar-refractivity contribution in [2.24, 2.45) is 0 Å². The smallest absolute Gasteiger partial charge is 0.131 e. The van der Waals surface area contributed by atoms with Crippen LogP contribution in [-0.4, -0.2) is 11.2 Å². The van der Waals surface area contributed by atoms with Gasteiger partial charge in [-0.25, -0.2) is 4.39 Å². The molecule has 0 spiro atoms. The minimum atomic E-state index is -0.263. The number of halogens is 1. The minimum Gasteiger partial charge on any atom is -0.393 e. The lowest BCUT2D eigenvalue weighted by molar-refractivity contribution is 0.182. The molecule has 144 valence electrons. The maximum atomic E-state index is 14.7. The molecule has 0 heterocycles. The molecule has 28 heavy (non-hydrogen) atoms. The van der Waals surface area contributed by atoms with Gasteiger partial charge < -0.3 is 5.11 Å². The maximum Gasteiger partial charge on any atom is 0.131 e. The highest BCUT2D eigenvalue weighted by Gasteiger charge is 2.07. The molecule has 0 saturated carbocycles. The molecule has 0 bridgehead atoms. The normalized spacial score (nSPS) is 12.5. The van der Waals surface area contributed by atoms with Gasteiger partial charge in [0.05, 0.1) is 6.10 Å². The lowest BCUT2D eigenvalue weighted by atomic mass is 9.98. The maximum absolute atomic E-state index is 14.7. The van der Waals surface area contributed by atoms with Crippen molar-refractivity contribution in [3.05, 3.63) is 90.3 Å². The molecule has 0 aliphatic rings. The van der Waals surface area contributed by atoms with Crippen molar-refractivity contribution in [2.45, 2.75) is 38.7 Å². The summed E-state index contributed by atoms with van der Waals surface area (Å²) >= 11 is 0. The Morgan fingerprint density at radius 3 is 2.57 bits per heavy atom. The molecule has 0 amide bonds. The molecule has 0 aromatic heterocycles. The van der Waals surface area contributed by atoms with Crippen molar-refractivity contribution in [2.75, 3.05) is 0 Å². The molecular weight excluding hydrogens is 347 g/mol. The van der Waals surface area contributed by atoms with Gasteiger partial charge in [-0.15, -0.1) is 6.58 Å². The Morgan fingerprint density at radius 2 is 1.82 bits per heavy atom. The first-order valence-corrected chi connectivity index (χ1v) is 9.85. The number of hydrogen-bond acceptors (Lipinski definition) is 1. The van der Waals surface area contributed by atoms with Gasteiger partial charge in [-0.2, -0.15) is 0 Å². The number of benzene rings is 3. The molecule has 3 rings (SSSR count). The van der Waals surface area contributed by atoms with Crippen LogP contribution in [0.3, 0.4) is 0 Å². The van der Waals surface area contributed by atoms with Crippen LogP contribution in [0.4, 0.5) is 4.39 Å². The zero-order valence-electron chi connectivity index (χ0n) is 16.4. The van der Waals surface area contributed by atoms with Gasteiger partial charge >= 0.3 is 0 Å². The zero-order chi connectivity index (χ0) is 19.9. The lowest BCUT2D eigenvalue weighted by Crippen LogP contribution is -1.97. The summed E-state index contributed by atoms with van der Waals surface area (Å²) in [5.74, 6) is -0.214. The minimum absolute atomic E-state index is 0.214. The van der Waals surface area contributed by atoms with Crippen LogP contribution in [-0.2, 0) is 6.42 Å². The number of hydrogen-bond donors (Lipinski definition) is 1. The van der Waals surface area contributed by atoms with E-state index in [0.717, 1.165) is 47.6 Å². The van der Waals surface area contributed by atoms with Crippen LogP contribution >= 0.6 is 0 Å². The number of allylic oxidation sites excluding steroid dienone is 2. The molecule has 1 atom stereocenters. The van der Waals surface area contributed by atoms with E-state index in [1.807, 2.05) is 48.6 Å². The summed E-state index contributed by atoms with van der Waals surface area (Å²) in [5.41, 5.74) is 3.58. The van der Waals surface area contributed by atoms with E-state index in [1.54, 1.807) is 13.0 Å². The Kier molecular flexibility index (Phi) is 6.78. The second kappa shape index (κ2) is 9.48. The van der Waals surface area contributed by atoms with Crippen LogP contribution in [0.2, 0.25) is 0 Å². The molecule has 3 aromatic carbocycles. The monoisotopic (exact) mass is 374 g/mol. The second-order valence-electron chi connectivity index (χ2n) is 7.31. The van der Waals surface area contributed by atoms with Gasteiger partial charge in [0, 0.05) is 5.56 Å². The first kappa shape index (κ1) is 20.0. The second-order valence-corrected chi connectivity index (χ2v) is 7.31. The molecule has 0 aliphatic carbocycles. The van der Waals surface area contributed by atoms with E-state index in [2.05, 4.69) is 24.8 Å². The van der Waals surface area contributed by atoms with Gasteiger partial charge in [0.2, 0.25) is 0 Å². The van der Waals surface area contributed by atoms with Crippen LogP contribution in [0.25, 0.3) is 28.0 Å². The first-order valence-electron chi connectivity index (χ1n) is 9.85. The van der Waals surface area contributed by atoms with Crippen molar-refractivity contribution >= 4 is 16.8 Å². The number of fused-ring (bicyclic) bond motifs is 1. The Labute approximate surface area is 166 Å². The van der Waals surface area contributed by atoms with Crippen LogP contribution in [0.1, 0.15) is 37.3 Å². The Hall–Kier alpha value is -2.71. The number of aliphatic hydroxyl groups is 1. The lowest BCUT2D eigenvalue weighted by Gasteiger charge is -2.08. The number of aliphatic hydroxyl groups excluding tert-OH is 1. The average molecular weight is 374 g/mol. The molecule has 0 radical (unpaired) electrons. The van der Waals surface area contributed by atoms with Crippen LogP contribution in [0, 0.1) is 5.82 Å². The van der Waals surface area contributed by atoms with Crippen molar-refractivity contribution in [1.82, 2.24) is 0 Å².